The molecule has 0 saturated heterocycles. The molecule has 68 valence electrons. The maximum Gasteiger partial charge on any atom is -0.00446 e. The summed E-state index contributed by atoms with van der Waals surface area (Å²) in [6.45, 7) is 4.45. The molecule has 0 aromatic heterocycles. The molecule has 0 heterocycles. The highest BCUT2D eigenvalue weighted by Crippen LogP contribution is 2.21. The standard InChI is InChI=1S/C12H20/c1-3-4-5-6-7-12-9-8-11(2)10-12/h8-10,12H,3-7H2,1-2H3. The van der Waals surface area contributed by atoms with E-state index in [1.54, 1.807) is 0 Å². The predicted molar refractivity (Wildman–Crippen MR) is 55.1 cm³/mol. The first-order chi connectivity index (χ1) is 5.83. The molecular formula is C12H20. The molecule has 0 nitrogen and oxygen atoms in total. The van der Waals surface area contributed by atoms with Crippen molar-refractivity contribution in [3.05, 3.63) is 23.8 Å². The Morgan fingerprint density at radius 1 is 1.25 bits per heavy atom. The van der Waals surface area contributed by atoms with Crippen molar-refractivity contribution in [2.45, 2.75) is 46.0 Å². The van der Waals surface area contributed by atoms with E-state index < -0.39 is 0 Å². The Morgan fingerprint density at radius 3 is 2.67 bits per heavy atom. The molecule has 12 heavy (non-hydrogen) atoms. The lowest BCUT2D eigenvalue weighted by Crippen LogP contribution is -1.88. The maximum absolute atomic E-state index is 2.38. The van der Waals surface area contributed by atoms with Crippen LogP contribution < -0.4 is 0 Å². The van der Waals surface area contributed by atoms with Gasteiger partial charge in [-0.15, -0.1) is 0 Å². The van der Waals surface area contributed by atoms with Gasteiger partial charge in [-0.05, 0) is 19.3 Å². The summed E-state index contributed by atoms with van der Waals surface area (Å²) in [5.41, 5.74) is 1.44. The zero-order chi connectivity index (χ0) is 8.81. The minimum absolute atomic E-state index is 0.752. The first kappa shape index (κ1) is 9.57. The van der Waals surface area contributed by atoms with E-state index in [2.05, 4.69) is 32.1 Å². The van der Waals surface area contributed by atoms with Crippen LogP contribution in [0.3, 0.4) is 0 Å². The number of unbranched alkanes of at least 4 members (excludes halogenated alkanes) is 3. The van der Waals surface area contributed by atoms with Crippen molar-refractivity contribution in [3.63, 3.8) is 0 Å². The molecule has 0 aliphatic heterocycles. The fourth-order valence-electron chi connectivity index (χ4n) is 1.71. The Bertz CT molecular complexity index is 174. The van der Waals surface area contributed by atoms with Gasteiger partial charge in [0.05, 0.1) is 0 Å². The van der Waals surface area contributed by atoms with Crippen LogP contribution in [0.4, 0.5) is 0 Å². The van der Waals surface area contributed by atoms with Crippen molar-refractivity contribution in [2.75, 3.05) is 0 Å². The molecule has 0 radical (unpaired) electrons. The monoisotopic (exact) mass is 164 g/mol. The van der Waals surface area contributed by atoms with Gasteiger partial charge in [-0.3, -0.25) is 0 Å². The minimum atomic E-state index is 0.752. The van der Waals surface area contributed by atoms with Crippen LogP contribution in [0.2, 0.25) is 0 Å². The summed E-state index contributed by atoms with van der Waals surface area (Å²) < 4.78 is 0. The van der Waals surface area contributed by atoms with Gasteiger partial charge >= 0.3 is 0 Å². The van der Waals surface area contributed by atoms with Gasteiger partial charge in [-0.1, -0.05) is 56.4 Å². The highest BCUT2D eigenvalue weighted by molar-refractivity contribution is 5.26. The number of hydrogen-bond acceptors (Lipinski definition) is 0. The van der Waals surface area contributed by atoms with Crippen molar-refractivity contribution in [1.82, 2.24) is 0 Å². The molecule has 0 fully saturated rings. The molecule has 0 bridgehead atoms. The number of hydrogen-bond donors (Lipinski definition) is 0. The lowest BCUT2D eigenvalue weighted by molar-refractivity contribution is 0.592. The van der Waals surface area contributed by atoms with Crippen LogP contribution in [0, 0.1) is 5.92 Å². The number of rotatable bonds is 5. The molecule has 0 N–H and O–H groups in total. The molecular weight excluding hydrogens is 144 g/mol. The van der Waals surface area contributed by atoms with Crippen molar-refractivity contribution in [3.8, 4) is 0 Å². The third-order valence-electron chi connectivity index (χ3n) is 2.47. The lowest BCUT2D eigenvalue weighted by Gasteiger charge is -2.03. The van der Waals surface area contributed by atoms with E-state index in [-0.39, 0.29) is 0 Å². The second-order valence-corrected chi connectivity index (χ2v) is 3.78. The third kappa shape index (κ3) is 3.25. The lowest BCUT2D eigenvalue weighted by atomic mass is 10.0. The second kappa shape index (κ2) is 5.18. The highest BCUT2D eigenvalue weighted by atomic mass is 14.1. The van der Waals surface area contributed by atoms with Crippen LogP contribution in [0.1, 0.15) is 46.0 Å². The average molecular weight is 164 g/mol. The molecule has 1 atom stereocenters. The van der Waals surface area contributed by atoms with E-state index in [1.807, 2.05) is 0 Å². The fraction of sp³-hybridized carbons (Fsp3) is 0.667. The summed E-state index contributed by atoms with van der Waals surface area (Å²) in [6, 6.07) is 0. The molecule has 0 heteroatoms. The predicted octanol–water partition coefficient (Wildman–Crippen LogP) is 4.09. The van der Waals surface area contributed by atoms with Crippen LogP contribution in [0.5, 0.6) is 0 Å². The van der Waals surface area contributed by atoms with E-state index in [0.717, 1.165) is 5.92 Å². The topological polar surface area (TPSA) is 0 Å². The first-order valence-corrected chi connectivity index (χ1v) is 5.19. The Morgan fingerprint density at radius 2 is 2.08 bits per heavy atom. The summed E-state index contributed by atoms with van der Waals surface area (Å²) >= 11 is 0. The Balaban J connectivity index is 2.05. The molecule has 0 amide bonds. The fourth-order valence-corrected chi connectivity index (χ4v) is 1.71. The van der Waals surface area contributed by atoms with E-state index in [9.17, 15) is 0 Å². The van der Waals surface area contributed by atoms with Gasteiger partial charge in [0.25, 0.3) is 0 Å². The summed E-state index contributed by atoms with van der Waals surface area (Å²) in [5.74, 6) is 0.752. The molecule has 1 aliphatic carbocycles. The quantitative estimate of drug-likeness (QED) is 0.537. The summed E-state index contributed by atoms with van der Waals surface area (Å²) in [4.78, 5) is 0. The van der Waals surface area contributed by atoms with Gasteiger partial charge in [0.1, 0.15) is 0 Å². The summed E-state index contributed by atoms with van der Waals surface area (Å²) in [7, 11) is 0. The van der Waals surface area contributed by atoms with Crippen LogP contribution >= 0.6 is 0 Å². The molecule has 1 rings (SSSR count). The van der Waals surface area contributed by atoms with E-state index in [4.69, 9.17) is 0 Å². The zero-order valence-corrected chi connectivity index (χ0v) is 8.34. The van der Waals surface area contributed by atoms with Gasteiger partial charge in [-0.2, -0.15) is 0 Å². The largest absolute Gasteiger partial charge is 0.0774 e. The van der Waals surface area contributed by atoms with Crippen LogP contribution in [-0.4, -0.2) is 0 Å². The smallest absolute Gasteiger partial charge is 0.00446 e. The highest BCUT2D eigenvalue weighted by Gasteiger charge is 2.05. The van der Waals surface area contributed by atoms with Gasteiger partial charge in [0.2, 0.25) is 0 Å². The van der Waals surface area contributed by atoms with E-state index in [0.29, 0.717) is 0 Å². The summed E-state index contributed by atoms with van der Waals surface area (Å²) in [5, 5.41) is 0. The number of allylic oxidation sites excluding steroid dienone is 4. The third-order valence-corrected chi connectivity index (χ3v) is 2.47. The first-order valence-electron chi connectivity index (χ1n) is 5.19. The van der Waals surface area contributed by atoms with Crippen molar-refractivity contribution < 1.29 is 0 Å². The zero-order valence-electron chi connectivity index (χ0n) is 8.34. The van der Waals surface area contributed by atoms with Crippen LogP contribution in [0.25, 0.3) is 0 Å². The molecule has 0 aromatic carbocycles. The molecule has 1 unspecified atom stereocenters. The van der Waals surface area contributed by atoms with Gasteiger partial charge in [0, 0.05) is 0 Å². The average Bonchev–Trinajstić information content (AvgIpc) is 2.45. The normalized spacial score (nSPS) is 21.5. The Kier molecular flexibility index (Phi) is 4.13. The second-order valence-electron chi connectivity index (χ2n) is 3.78. The summed E-state index contributed by atoms with van der Waals surface area (Å²) in [6.07, 6.45) is 13.9. The van der Waals surface area contributed by atoms with Gasteiger partial charge in [0.15, 0.2) is 0 Å². The van der Waals surface area contributed by atoms with E-state index >= 15 is 0 Å². The van der Waals surface area contributed by atoms with Crippen LogP contribution in [-0.2, 0) is 0 Å². The van der Waals surface area contributed by atoms with Crippen molar-refractivity contribution in [1.29, 1.82) is 0 Å². The Labute approximate surface area is 76.4 Å². The van der Waals surface area contributed by atoms with Gasteiger partial charge in [-0.25, -0.2) is 0 Å². The van der Waals surface area contributed by atoms with Crippen molar-refractivity contribution >= 4 is 0 Å². The molecule has 0 spiro atoms. The van der Waals surface area contributed by atoms with Crippen molar-refractivity contribution in [2.24, 2.45) is 5.92 Å². The molecule has 1 aliphatic rings. The minimum Gasteiger partial charge on any atom is -0.0774 e. The molecule has 0 aromatic rings. The van der Waals surface area contributed by atoms with E-state index in [1.165, 1.54) is 37.7 Å². The maximum atomic E-state index is 2.38. The molecule has 0 saturated carbocycles. The SMILES string of the molecule is CCCCCCC1C=CC(C)=C1. The van der Waals surface area contributed by atoms with Gasteiger partial charge < -0.3 is 0 Å². The Hall–Kier alpha value is -0.520. The van der Waals surface area contributed by atoms with Crippen LogP contribution in [0.15, 0.2) is 23.8 Å².